The molecule has 1 aliphatic rings. The van der Waals surface area contributed by atoms with Gasteiger partial charge in [0.2, 0.25) is 0 Å². The van der Waals surface area contributed by atoms with Gasteiger partial charge in [-0.25, -0.2) is 8.78 Å². The van der Waals surface area contributed by atoms with Crippen LogP contribution in [-0.2, 0) is 12.8 Å². The number of ether oxygens (including phenoxy) is 1. The van der Waals surface area contributed by atoms with Gasteiger partial charge in [-0.15, -0.1) is 0 Å². The molecule has 0 saturated carbocycles. The highest BCUT2D eigenvalue weighted by molar-refractivity contribution is 6.30. The van der Waals surface area contributed by atoms with Crippen LogP contribution >= 0.6 is 11.6 Å². The number of aliphatic hydroxyl groups is 1. The summed E-state index contributed by atoms with van der Waals surface area (Å²) in [6.45, 7) is 0.573. The molecule has 0 bridgehead atoms. The average molecular weight is 311 g/mol. The highest BCUT2D eigenvalue weighted by atomic mass is 35.5. The molecule has 0 saturated heterocycles. The highest BCUT2D eigenvalue weighted by Gasteiger charge is 2.21. The van der Waals surface area contributed by atoms with Gasteiger partial charge in [0.05, 0.1) is 12.7 Å². The molecular formula is C16H13ClF2O2. The van der Waals surface area contributed by atoms with Gasteiger partial charge in [0.1, 0.15) is 17.4 Å². The van der Waals surface area contributed by atoms with Crippen molar-refractivity contribution >= 4 is 11.6 Å². The molecule has 0 fully saturated rings. The lowest BCUT2D eigenvalue weighted by molar-refractivity contribution is 0.172. The summed E-state index contributed by atoms with van der Waals surface area (Å²) in [4.78, 5) is 0. The maximum Gasteiger partial charge on any atom is 0.131 e. The topological polar surface area (TPSA) is 29.5 Å². The maximum absolute atomic E-state index is 13.7. The molecule has 1 heterocycles. The second kappa shape index (κ2) is 5.62. The van der Waals surface area contributed by atoms with Crippen LogP contribution in [0.5, 0.6) is 5.75 Å². The Hall–Kier alpha value is -1.65. The summed E-state index contributed by atoms with van der Waals surface area (Å²) >= 11 is 6.05. The first-order valence-corrected chi connectivity index (χ1v) is 6.99. The van der Waals surface area contributed by atoms with E-state index >= 15 is 0 Å². The lowest BCUT2D eigenvalue weighted by atomic mass is 9.98. The number of rotatable bonds is 3. The molecule has 0 spiro atoms. The molecule has 1 aliphatic heterocycles. The Morgan fingerprint density at radius 1 is 1.24 bits per heavy atom. The summed E-state index contributed by atoms with van der Waals surface area (Å²) < 4.78 is 32.2. The van der Waals surface area contributed by atoms with E-state index in [0.717, 1.165) is 29.7 Å². The predicted molar refractivity (Wildman–Crippen MR) is 75.7 cm³/mol. The lowest BCUT2D eigenvalue weighted by Gasteiger charge is -2.15. The zero-order valence-corrected chi connectivity index (χ0v) is 11.8. The van der Waals surface area contributed by atoms with Crippen molar-refractivity contribution in [2.24, 2.45) is 0 Å². The monoisotopic (exact) mass is 310 g/mol. The smallest absolute Gasteiger partial charge is 0.131 e. The second-order valence-electron chi connectivity index (χ2n) is 5.04. The molecule has 2 aromatic carbocycles. The third kappa shape index (κ3) is 2.87. The minimum Gasteiger partial charge on any atom is -0.493 e. The third-order valence-electron chi connectivity index (χ3n) is 3.56. The van der Waals surface area contributed by atoms with Crippen molar-refractivity contribution in [2.75, 3.05) is 6.61 Å². The first-order valence-electron chi connectivity index (χ1n) is 6.61. The molecule has 3 rings (SSSR count). The summed E-state index contributed by atoms with van der Waals surface area (Å²) in [5.74, 6) is -0.724. The van der Waals surface area contributed by atoms with Crippen LogP contribution in [0.1, 0.15) is 22.8 Å². The van der Waals surface area contributed by atoms with E-state index in [9.17, 15) is 13.9 Å². The van der Waals surface area contributed by atoms with Crippen LogP contribution < -0.4 is 4.74 Å². The first kappa shape index (κ1) is 14.3. The third-order valence-corrected chi connectivity index (χ3v) is 3.78. The van der Waals surface area contributed by atoms with Gasteiger partial charge >= 0.3 is 0 Å². The summed E-state index contributed by atoms with van der Waals surface area (Å²) in [6, 6.07) is 6.67. The number of hydrogen-bond donors (Lipinski definition) is 1. The Bertz CT molecular complexity index is 688. The van der Waals surface area contributed by atoms with Gasteiger partial charge in [-0.2, -0.15) is 0 Å². The van der Waals surface area contributed by atoms with Crippen LogP contribution in [0.15, 0.2) is 30.3 Å². The van der Waals surface area contributed by atoms with Crippen LogP contribution in [0.4, 0.5) is 8.78 Å². The van der Waals surface area contributed by atoms with Gasteiger partial charge < -0.3 is 9.84 Å². The molecule has 1 unspecified atom stereocenters. The summed E-state index contributed by atoms with van der Waals surface area (Å²) in [7, 11) is 0. The Morgan fingerprint density at radius 2 is 2.05 bits per heavy atom. The van der Waals surface area contributed by atoms with Crippen molar-refractivity contribution in [3.63, 3.8) is 0 Å². The largest absolute Gasteiger partial charge is 0.493 e. The molecule has 2 aromatic rings. The van der Waals surface area contributed by atoms with Crippen molar-refractivity contribution in [1.82, 2.24) is 0 Å². The molecular weight excluding hydrogens is 298 g/mol. The number of fused-ring (bicyclic) bond motifs is 1. The zero-order chi connectivity index (χ0) is 15.0. The Morgan fingerprint density at radius 3 is 2.81 bits per heavy atom. The van der Waals surface area contributed by atoms with Gasteiger partial charge in [0.15, 0.2) is 0 Å². The molecule has 1 N–H and O–H groups in total. The van der Waals surface area contributed by atoms with Crippen LogP contribution in [0.2, 0.25) is 5.02 Å². The standard InChI is InChI=1S/C16H13ClF2O2/c17-11-5-9-3-4-21-16(9)10(6-11)7-15(20)13-2-1-12(18)8-14(13)19/h1-2,5-6,8,15,20H,3-4,7H2. The van der Waals surface area contributed by atoms with E-state index in [4.69, 9.17) is 16.3 Å². The van der Waals surface area contributed by atoms with Crippen LogP contribution in [0.25, 0.3) is 0 Å². The Kier molecular flexibility index (Phi) is 3.83. The molecule has 21 heavy (non-hydrogen) atoms. The highest BCUT2D eigenvalue weighted by Crippen LogP contribution is 2.35. The Labute approximate surface area is 125 Å². The summed E-state index contributed by atoms with van der Waals surface area (Å²) in [6.07, 6.45) is -0.160. The first-order chi connectivity index (χ1) is 10.0. The van der Waals surface area contributed by atoms with E-state index in [1.807, 2.05) is 6.07 Å². The van der Waals surface area contributed by atoms with Crippen LogP contribution in [0.3, 0.4) is 0 Å². The van der Waals surface area contributed by atoms with Gasteiger partial charge in [0.25, 0.3) is 0 Å². The molecule has 0 amide bonds. The van der Waals surface area contributed by atoms with E-state index in [0.29, 0.717) is 17.4 Å². The fourth-order valence-corrected chi connectivity index (χ4v) is 2.85. The van der Waals surface area contributed by atoms with Crippen molar-refractivity contribution in [1.29, 1.82) is 0 Å². The molecule has 0 radical (unpaired) electrons. The van der Waals surface area contributed by atoms with E-state index in [1.165, 1.54) is 6.07 Å². The fourth-order valence-electron chi connectivity index (χ4n) is 2.59. The quantitative estimate of drug-likeness (QED) is 0.933. The lowest BCUT2D eigenvalue weighted by Crippen LogP contribution is -2.06. The normalized spacial score (nSPS) is 14.7. The molecule has 0 aromatic heterocycles. The zero-order valence-electron chi connectivity index (χ0n) is 11.1. The van der Waals surface area contributed by atoms with Crippen molar-refractivity contribution in [2.45, 2.75) is 18.9 Å². The number of benzene rings is 2. The second-order valence-corrected chi connectivity index (χ2v) is 5.47. The number of halogens is 3. The molecule has 110 valence electrons. The molecule has 1 atom stereocenters. The van der Waals surface area contributed by atoms with Gasteiger partial charge in [0, 0.05) is 29.5 Å². The number of aliphatic hydroxyl groups excluding tert-OH is 1. The summed E-state index contributed by atoms with van der Waals surface area (Å²) in [5, 5.41) is 10.8. The maximum atomic E-state index is 13.7. The molecule has 0 aliphatic carbocycles. The van der Waals surface area contributed by atoms with Crippen molar-refractivity contribution in [3.8, 4) is 5.75 Å². The minimum absolute atomic E-state index is 0.0584. The fraction of sp³-hybridized carbons (Fsp3) is 0.250. The van der Waals surface area contributed by atoms with Gasteiger partial charge in [-0.3, -0.25) is 0 Å². The van der Waals surface area contributed by atoms with E-state index in [-0.39, 0.29) is 12.0 Å². The van der Waals surface area contributed by atoms with E-state index in [2.05, 4.69) is 0 Å². The van der Waals surface area contributed by atoms with E-state index < -0.39 is 17.7 Å². The minimum atomic E-state index is -1.09. The predicted octanol–water partition coefficient (Wildman–Crippen LogP) is 3.83. The van der Waals surface area contributed by atoms with Gasteiger partial charge in [-0.05, 0) is 29.3 Å². The molecule has 2 nitrogen and oxygen atoms in total. The van der Waals surface area contributed by atoms with Crippen LogP contribution in [-0.4, -0.2) is 11.7 Å². The SMILES string of the molecule is OC(Cc1cc(Cl)cc2c1OCC2)c1ccc(F)cc1F. The summed E-state index contributed by atoms with van der Waals surface area (Å²) in [5.41, 5.74) is 1.78. The van der Waals surface area contributed by atoms with E-state index in [1.54, 1.807) is 6.07 Å². The average Bonchev–Trinajstić information content (AvgIpc) is 2.86. The van der Waals surface area contributed by atoms with Gasteiger partial charge in [-0.1, -0.05) is 17.7 Å². The Balaban J connectivity index is 1.90. The van der Waals surface area contributed by atoms with Crippen LogP contribution in [0, 0.1) is 11.6 Å². The van der Waals surface area contributed by atoms with Crippen molar-refractivity contribution in [3.05, 3.63) is 63.7 Å². The van der Waals surface area contributed by atoms with Crippen molar-refractivity contribution < 1.29 is 18.6 Å². The number of hydrogen-bond acceptors (Lipinski definition) is 2. The molecule has 5 heteroatoms.